The Balaban J connectivity index is 1.54. The van der Waals surface area contributed by atoms with Crippen LogP contribution in [0.5, 0.6) is 0 Å². The second-order valence-corrected chi connectivity index (χ2v) is 6.68. The molecule has 3 heterocycles. The lowest BCUT2D eigenvalue weighted by Gasteiger charge is -2.26. The number of nitrogens with zero attached hydrogens (tertiary/aromatic N) is 4. The van der Waals surface area contributed by atoms with E-state index in [0.29, 0.717) is 6.04 Å². The van der Waals surface area contributed by atoms with E-state index in [2.05, 4.69) is 29.2 Å². The number of aromatic nitrogens is 3. The topological polar surface area (TPSA) is 55.2 Å². The van der Waals surface area contributed by atoms with E-state index in [0.717, 1.165) is 50.2 Å². The van der Waals surface area contributed by atoms with Crippen LogP contribution in [-0.4, -0.2) is 47.1 Å². The van der Waals surface area contributed by atoms with E-state index in [-0.39, 0.29) is 0 Å². The second kappa shape index (κ2) is 7.21. The highest BCUT2D eigenvalue weighted by atomic mass is 32.1. The van der Waals surface area contributed by atoms with Gasteiger partial charge in [-0.25, -0.2) is 4.98 Å². The van der Waals surface area contributed by atoms with Gasteiger partial charge in [0.05, 0.1) is 25.5 Å². The smallest absolute Gasteiger partial charge is 0.185 e. The van der Waals surface area contributed by atoms with E-state index in [1.165, 1.54) is 4.88 Å². The van der Waals surface area contributed by atoms with Crippen LogP contribution in [0.4, 0.5) is 5.13 Å². The maximum absolute atomic E-state index is 5.40. The normalized spacial score (nSPS) is 16.9. The van der Waals surface area contributed by atoms with Crippen LogP contribution in [0.25, 0.3) is 0 Å². The summed E-state index contributed by atoms with van der Waals surface area (Å²) in [4.78, 5) is 8.35. The van der Waals surface area contributed by atoms with Crippen molar-refractivity contribution in [3.8, 4) is 0 Å². The quantitative estimate of drug-likeness (QED) is 0.877. The summed E-state index contributed by atoms with van der Waals surface area (Å²) in [6.45, 7) is 9.49. The summed E-state index contributed by atoms with van der Waals surface area (Å²) >= 11 is 1.79. The minimum absolute atomic E-state index is 0.369. The van der Waals surface area contributed by atoms with Crippen LogP contribution in [0.1, 0.15) is 17.5 Å². The summed E-state index contributed by atoms with van der Waals surface area (Å²) in [5, 5.41) is 8.93. The average molecular weight is 321 g/mol. The van der Waals surface area contributed by atoms with Gasteiger partial charge in [-0.2, -0.15) is 5.10 Å². The number of aryl methyl sites for hydroxylation is 1. The van der Waals surface area contributed by atoms with Crippen LogP contribution in [0, 0.1) is 6.92 Å². The minimum atomic E-state index is 0.369. The SMILES string of the molecule is Cc1nc(N2CCOCC2)sc1CN[C@@H](C)Cn1cccn1. The van der Waals surface area contributed by atoms with Crippen molar-refractivity contribution in [1.82, 2.24) is 20.1 Å². The lowest BCUT2D eigenvalue weighted by atomic mass is 10.3. The second-order valence-electron chi connectivity index (χ2n) is 5.61. The maximum atomic E-state index is 5.40. The van der Waals surface area contributed by atoms with Gasteiger partial charge in [0.15, 0.2) is 5.13 Å². The zero-order valence-electron chi connectivity index (χ0n) is 13.2. The van der Waals surface area contributed by atoms with Gasteiger partial charge >= 0.3 is 0 Å². The molecule has 1 saturated heterocycles. The Labute approximate surface area is 135 Å². The van der Waals surface area contributed by atoms with Crippen molar-refractivity contribution in [2.24, 2.45) is 0 Å². The van der Waals surface area contributed by atoms with Crippen molar-refractivity contribution in [1.29, 1.82) is 0 Å². The van der Waals surface area contributed by atoms with Gasteiger partial charge in [0.25, 0.3) is 0 Å². The van der Waals surface area contributed by atoms with E-state index in [4.69, 9.17) is 9.72 Å². The van der Waals surface area contributed by atoms with E-state index in [1.807, 2.05) is 23.1 Å². The molecular weight excluding hydrogens is 298 g/mol. The number of rotatable bonds is 6. The number of anilines is 1. The molecule has 22 heavy (non-hydrogen) atoms. The van der Waals surface area contributed by atoms with Gasteiger partial charge < -0.3 is 15.0 Å². The summed E-state index contributed by atoms with van der Waals surface area (Å²) in [5.74, 6) is 0. The number of nitrogens with one attached hydrogen (secondary N) is 1. The predicted molar refractivity (Wildman–Crippen MR) is 88.4 cm³/mol. The fourth-order valence-corrected chi connectivity index (χ4v) is 3.55. The lowest BCUT2D eigenvalue weighted by molar-refractivity contribution is 0.122. The number of thiazole rings is 1. The first-order valence-corrected chi connectivity index (χ1v) is 8.54. The van der Waals surface area contributed by atoms with Gasteiger partial charge in [-0.3, -0.25) is 4.68 Å². The first kappa shape index (κ1) is 15.5. The highest BCUT2D eigenvalue weighted by Gasteiger charge is 2.17. The fraction of sp³-hybridized carbons (Fsp3) is 0.600. The molecule has 6 nitrogen and oxygen atoms in total. The van der Waals surface area contributed by atoms with E-state index in [9.17, 15) is 0 Å². The molecule has 0 spiro atoms. The number of ether oxygens (including phenoxy) is 1. The van der Waals surface area contributed by atoms with Crippen LogP contribution >= 0.6 is 11.3 Å². The predicted octanol–water partition coefficient (Wildman–Crippen LogP) is 1.66. The molecule has 3 rings (SSSR count). The molecule has 2 aromatic rings. The third-order valence-electron chi connectivity index (χ3n) is 3.79. The van der Waals surface area contributed by atoms with E-state index < -0.39 is 0 Å². The maximum Gasteiger partial charge on any atom is 0.185 e. The molecule has 0 bridgehead atoms. The Kier molecular flexibility index (Phi) is 5.07. The molecule has 1 N–H and O–H groups in total. The minimum Gasteiger partial charge on any atom is -0.378 e. The van der Waals surface area contributed by atoms with Crippen LogP contribution < -0.4 is 10.2 Å². The van der Waals surface area contributed by atoms with E-state index >= 15 is 0 Å². The molecule has 7 heteroatoms. The lowest BCUT2D eigenvalue weighted by Crippen LogP contribution is -2.36. The molecule has 0 aliphatic carbocycles. The van der Waals surface area contributed by atoms with Crippen molar-refractivity contribution in [3.63, 3.8) is 0 Å². The molecule has 1 atom stereocenters. The van der Waals surface area contributed by atoms with Gasteiger partial charge in [-0.05, 0) is 19.9 Å². The molecular formula is C15H23N5OS. The molecule has 1 aliphatic rings. The van der Waals surface area contributed by atoms with Gasteiger partial charge in [0.1, 0.15) is 0 Å². The summed E-state index contributed by atoms with van der Waals surface area (Å²) in [6.07, 6.45) is 3.81. The number of hydrogen-bond donors (Lipinski definition) is 1. The van der Waals surface area contributed by atoms with Crippen molar-refractivity contribution in [3.05, 3.63) is 29.0 Å². The molecule has 2 aromatic heterocycles. The molecule has 0 amide bonds. The third kappa shape index (κ3) is 3.85. The highest BCUT2D eigenvalue weighted by Crippen LogP contribution is 2.26. The molecule has 1 aliphatic heterocycles. The standard InChI is InChI=1S/C15H23N5OS/c1-12(11-20-5-3-4-17-20)16-10-14-13(2)18-15(22-14)19-6-8-21-9-7-19/h3-5,12,16H,6-11H2,1-2H3/t12-/m0/s1. The van der Waals surface area contributed by atoms with Crippen LogP contribution in [0.2, 0.25) is 0 Å². The Bertz CT molecular complexity index is 577. The van der Waals surface area contributed by atoms with Crippen molar-refractivity contribution < 1.29 is 4.74 Å². The fourth-order valence-electron chi connectivity index (χ4n) is 2.49. The summed E-state index contributed by atoms with van der Waals surface area (Å²) in [5.41, 5.74) is 1.13. The molecule has 120 valence electrons. The zero-order valence-corrected chi connectivity index (χ0v) is 14.0. The summed E-state index contributed by atoms with van der Waals surface area (Å²) in [7, 11) is 0. The monoisotopic (exact) mass is 321 g/mol. The van der Waals surface area contributed by atoms with Gasteiger partial charge in [0, 0.05) is 42.9 Å². The van der Waals surface area contributed by atoms with Crippen LogP contribution in [-0.2, 0) is 17.8 Å². The summed E-state index contributed by atoms with van der Waals surface area (Å²) in [6, 6.07) is 2.32. The van der Waals surface area contributed by atoms with Crippen molar-refractivity contribution >= 4 is 16.5 Å². The van der Waals surface area contributed by atoms with E-state index in [1.54, 1.807) is 11.3 Å². The number of hydrogen-bond acceptors (Lipinski definition) is 6. The Morgan fingerprint density at radius 3 is 2.95 bits per heavy atom. The van der Waals surface area contributed by atoms with Gasteiger partial charge in [0.2, 0.25) is 0 Å². The van der Waals surface area contributed by atoms with Crippen molar-refractivity contribution in [2.75, 3.05) is 31.2 Å². The third-order valence-corrected chi connectivity index (χ3v) is 5.01. The Morgan fingerprint density at radius 2 is 2.23 bits per heavy atom. The average Bonchev–Trinajstić information content (AvgIpc) is 3.16. The van der Waals surface area contributed by atoms with Crippen molar-refractivity contribution in [2.45, 2.75) is 33.0 Å². The van der Waals surface area contributed by atoms with Crippen LogP contribution in [0.15, 0.2) is 18.5 Å². The van der Waals surface area contributed by atoms with Gasteiger partial charge in [-0.1, -0.05) is 0 Å². The first-order valence-electron chi connectivity index (χ1n) is 7.72. The summed E-state index contributed by atoms with van der Waals surface area (Å²) < 4.78 is 7.36. The van der Waals surface area contributed by atoms with Gasteiger partial charge in [-0.15, -0.1) is 11.3 Å². The Hall–Kier alpha value is -1.44. The highest BCUT2D eigenvalue weighted by molar-refractivity contribution is 7.15. The number of morpholine rings is 1. The molecule has 0 saturated carbocycles. The largest absolute Gasteiger partial charge is 0.378 e. The Morgan fingerprint density at radius 1 is 1.41 bits per heavy atom. The molecule has 0 unspecified atom stereocenters. The molecule has 0 radical (unpaired) electrons. The molecule has 1 fully saturated rings. The zero-order chi connectivity index (χ0) is 15.4. The first-order chi connectivity index (χ1) is 10.7. The molecule has 0 aromatic carbocycles. The van der Waals surface area contributed by atoms with Crippen LogP contribution in [0.3, 0.4) is 0 Å².